The first-order valence-electron chi connectivity index (χ1n) is 6.15. The molecule has 1 aromatic carbocycles. The van der Waals surface area contributed by atoms with E-state index in [1.54, 1.807) is 13.1 Å². The van der Waals surface area contributed by atoms with Crippen molar-refractivity contribution >= 4 is 29.0 Å². The van der Waals surface area contributed by atoms with Gasteiger partial charge in [0.2, 0.25) is 5.91 Å². The van der Waals surface area contributed by atoms with E-state index in [0.717, 1.165) is 5.03 Å². The zero-order valence-corrected chi connectivity index (χ0v) is 12.1. The van der Waals surface area contributed by atoms with Gasteiger partial charge in [-0.2, -0.15) is 0 Å². The SMILES string of the molecule is Cc1cc([N+](=O)[O-])ccc1NC(=O)CSc1ccccn1. The third kappa shape index (κ3) is 4.28. The molecule has 7 heteroatoms. The molecule has 0 unspecified atom stereocenters. The maximum atomic E-state index is 11.9. The van der Waals surface area contributed by atoms with Crippen molar-refractivity contribution in [1.29, 1.82) is 0 Å². The highest BCUT2D eigenvalue weighted by molar-refractivity contribution is 7.99. The molecule has 1 aromatic heterocycles. The van der Waals surface area contributed by atoms with Crippen LogP contribution in [0.5, 0.6) is 0 Å². The first-order valence-corrected chi connectivity index (χ1v) is 7.13. The number of aryl methyl sites for hydroxylation is 1. The summed E-state index contributed by atoms with van der Waals surface area (Å²) in [6.07, 6.45) is 1.67. The molecule has 21 heavy (non-hydrogen) atoms. The number of amides is 1. The second-order valence-electron chi connectivity index (χ2n) is 4.26. The highest BCUT2D eigenvalue weighted by Gasteiger charge is 2.10. The molecular formula is C14H13N3O3S. The van der Waals surface area contributed by atoms with E-state index >= 15 is 0 Å². The molecule has 0 aliphatic rings. The van der Waals surface area contributed by atoms with Gasteiger partial charge in [0.25, 0.3) is 5.69 Å². The van der Waals surface area contributed by atoms with Gasteiger partial charge in [0.15, 0.2) is 0 Å². The highest BCUT2D eigenvalue weighted by Crippen LogP contribution is 2.22. The molecule has 108 valence electrons. The normalized spacial score (nSPS) is 10.1. The van der Waals surface area contributed by atoms with Crippen molar-refractivity contribution in [2.75, 3.05) is 11.1 Å². The molecule has 0 spiro atoms. The van der Waals surface area contributed by atoms with Crippen LogP contribution in [0.25, 0.3) is 0 Å². The van der Waals surface area contributed by atoms with Gasteiger partial charge in [-0.15, -0.1) is 0 Å². The number of anilines is 1. The molecule has 1 heterocycles. The van der Waals surface area contributed by atoms with Crippen LogP contribution in [0.15, 0.2) is 47.6 Å². The number of nitrogens with one attached hydrogen (secondary N) is 1. The molecule has 2 aromatic rings. The van der Waals surface area contributed by atoms with Crippen molar-refractivity contribution in [1.82, 2.24) is 4.98 Å². The Morgan fingerprint density at radius 1 is 1.38 bits per heavy atom. The first-order chi connectivity index (χ1) is 10.1. The summed E-state index contributed by atoms with van der Waals surface area (Å²) in [6, 6.07) is 9.83. The van der Waals surface area contributed by atoms with E-state index in [2.05, 4.69) is 10.3 Å². The van der Waals surface area contributed by atoms with Crippen LogP contribution in [-0.2, 0) is 4.79 Å². The fourth-order valence-corrected chi connectivity index (χ4v) is 2.32. The lowest BCUT2D eigenvalue weighted by Gasteiger charge is -2.07. The maximum absolute atomic E-state index is 11.9. The van der Waals surface area contributed by atoms with Crippen LogP contribution < -0.4 is 5.32 Å². The maximum Gasteiger partial charge on any atom is 0.269 e. The summed E-state index contributed by atoms with van der Waals surface area (Å²) in [4.78, 5) is 26.2. The van der Waals surface area contributed by atoms with Crippen molar-refractivity contribution < 1.29 is 9.72 Å². The monoisotopic (exact) mass is 303 g/mol. The molecule has 0 saturated carbocycles. The van der Waals surface area contributed by atoms with Gasteiger partial charge in [0, 0.05) is 24.0 Å². The summed E-state index contributed by atoms with van der Waals surface area (Å²) >= 11 is 1.33. The Morgan fingerprint density at radius 2 is 2.19 bits per heavy atom. The van der Waals surface area contributed by atoms with Crippen molar-refractivity contribution in [2.45, 2.75) is 11.9 Å². The molecule has 0 fully saturated rings. The van der Waals surface area contributed by atoms with Crippen molar-refractivity contribution in [3.8, 4) is 0 Å². The molecule has 6 nitrogen and oxygen atoms in total. The first kappa shape index (κ1) is 15.0. The number of thioether (sulfide) groups is 1. The number of benzene rings is 1. The Morgan fingerprint density at radius 3 is 2.81 bits per heavy atom. The largest absolute Gasteiger partial charge is 0.325 e. The number of nitrogens with zero attached hydrogens (tertiary/aromatic N) is 2. The molecule has 0 aliphatic heterocycles. The molecule has 0 aliphatic carbocycles. The lowest BCUT2D eigenvalue weighted by atomic mass is 10.2. The van der Waals surface area contributed by atoms with E-state index in [-0.39, 0.29) is 17.3 Å². The van der Waals surface area contributed by atoms with Crippen LogP contribution in [0.2, 0.25) is 0 Å². The number of carbonyl (C=O) groups excluding carboxylic acids is 1. The number of pyridine rings is 1. The summed E-state index contributed by atoms with van der Waals surface area (Å²) in [7, 11) is 0. The topological polar surface area (TPSA) is 85.1 Å². The van der Waals surface area contributed by atoms with Gasteiger partial charge < -0.3 is 5.32 Å². The third-order valence-electron chi connectivity index (χ3n) is 2.68. The Balaban J connectivity index is 1.95. The molecule has 0 bridgehead atoms. The summed E-state index contributed by atoms with van der Waals surface area (Å²) in [5.41, 5.74) is 1.24. The molecular weight excluding hydrogens is 290 g/mol. The van der Waals surface area contributed by atoms with Crippen molar-refractivity contribution in [2.24, 2.45) is 0 Å². The number of nitro groups is 1. The zero-order valence-electron chi connectivity index (χ0n) is 11.3. The van der Waals surface area contributed by atoms with Gasteiger partial charge in [-0.05, 0) is 30.7 Å². The number of hydrogen-bond acceptors (Lipinski definition) is 5. The fourth-order valence-electron chi connectivity index (χ4n) is 1.66. The van der Waals surface area contributed by atoms with E-state index in [0.29, 0.717) is 11.3 Å². The Labute approximate surface area is 125 Å². The van der Waals surface area contributed by atoms with Crippen LogP contribution >= 0.6 is 11.8 Å². The van der Waals surface area contributed by atoms with Crippen LogP contribution in [0.1, 0.15) is 5.56 Å². The van der Waals surface area contributed by atoms with E-state index < -0.39 is 4.92 Å². The lowest BCUT2D eigenvalue weighted by Crippen LogP contribution is -2.15. The summed E-state index contributed by atoms with van der Waals surface area (Å²) < 4.78 is 0. The zero-order chi connectivity index (χ0) is 15.2. The number of hydrogen-bond donors (Lipinski definition) is 1. The van der Waals surface area contributed by atoms with Gasteiger partial charge in [-0.3, -0.25) is 14.9 Å². The quantitative estimate of drug-likeness (QED) is 0.521. The Hall–Kier alpha value is -2.41. The minimum absolute atomic E-state index is 0.00774. The standard InChI is InChI=1S/C14H13N3O3S/c1-10-8-11(17(19)20)5-6-12(10)16-13(18)9-21-14-4-2-3-7-15-14/h2-8H,9H2,1H3,(H,16,18). The average Bonchev–Trinajstić information content (AvgIpc) is 2.48. The minimum Gasteiger partial charge on any atom is -0.325 e. The number of nitro benzene ring substituents is 1. The minimum atomic E-state index is -0.463. The predicted octanol–water partition coefficient (Wildman–Crippen LogP) is 3.03. The molecule has 1 amide bonds. The van der Waals surface area contributed by atoms with Crippen LogP contribution in [0, 0.1) is 17.0 Å². The summed E-state index contributed by atoms with van der Waals surface area (Å²) in [5.74, 6) is 0.0515. The lowest BCUT2D eigenvalue weighted by molar-refractivity contribution is -0.384. The van der Waals surface area contributed by atoms with Crippen LogP contribution in [0.3, 0.4) is 0 Å². The molecule has 0 atom stereocenters. The van der Waals surface area contributed by atoms with Gasteiger partial charge in [-0.25, -0.2) is 4.98 Å². The highest BCUT2D eigenvalue weighted by atomic mass is 32.2. The van der Waals surface area contributed by atoms with Crippen molar-refractivity contribution in [3.05, 3.63) is 58.3 Å². The van der Waals surface area contributed by atoms with Gasteiger partial charge in [0.05, 0.1) is 15.7 Å². The van der Waals surface area contributed by atoms with E-state index in [9.17, 15) is 14.9 Å². The molecule has 1 N–H and O–H groups in total. The van der Waals surface area contributed by atoms with Gasteiger partial charge >= 0.3 is 0 Å². The number of aromatic nitrogens is 1. The fraction of sp³-hybridized carbons (Fsp3) is 0.143. The van der Waals surface area contributed by atoms with Crippen LogP contribution in [0.4, 0.5) is 11.4 Å². The summed E-state index contributed by atoms with van der Waals surface area (Å²) in [5, 5.41) is 14.2. The summed E-state index contributed by atoms with van der Waals surface area (Å²) in [6.45, 7) is 1.72. The van der Waals surface area contributed by atoms with Crippen LogP contribution in [-0.4, -0.2) is 21.6 Å². The van der Waals surface area contributed by atoms with Crippen molar-refractivity contribution in [3.63, 3.8) is 0 Å². The number of non-ortho nitro benzene ring substituents is 1. The van der Waals surface area contributed by atoms with E-state index in [4.69, 9.17) is 0 Å². The van der Waals surface area contributed by atoms with Gasteiger partial charge in [0.1, 0.15) is 0 Å². The molecule has 2 rings (SSSR count). The third-order valence-corrected chi connectivity index (χ3v) is 3.63. The van der Waals surface area contributed by atoms with E-state index in [1.165, 1.54) is 30.0 Å². The molecule has 0 radical (unpaired) electrons. The predicted molar refractivity (Wildman–Crippen MR) is 81.4 cm³/mol. The second kappa shape index (κ2) is 6.85. The second-order valence-corrected chi connectivity index (χ2v) is 5.26. The Bertz CT molecular complexity index is 662. The number of carbonyl (C=O) groups is 1. The van der Waals surface area contributed by atoms with E-state index in [1.807, 2.05) is 18.2 Å². The Kier molecular flexibility index (Phi) is 4.89. The smallest absolute Gasteiger partial charge is 0.269 e. The average molecular weight is 303 g/mol. The van der Waals surface area contributed by atoms with Gasteiger partial charge in [-0.1, -0.05) is 17.8 Å². The molecule has 0 saturated heterocycles. The number of rotatable bonds is 5.